The molecule has 6 nitrogen and oxygen atoms in total. The third kappa shape index (κ3) is 5.78. The molecular weight excluding hydrogens is 383 g/mol. The van der Waals surface area contributed by atoms with Crippen LogP contribution in [0.3, 0.4) is 0 Å². The second-order valence-corrected chi connectivity index (χ2v) is 8.14. The fraction of sp³-hybridized carbons (Fsp3) is 0.435. The predicted molar refractivity (Wildman–Crippen MR) is 114 cm³/mol. The van der Waals surface area contributed by atoms with Gasteiger partial charge in [-0.15, -0.1) is 0 Å². The van der Waals surface area contributed by atoms with Crippen molar-refractivity contribution < 1.29 is 14.0 Å². The molecule has 0 spiro atoms. The van der Waals surface area contributed by atoms with Crippen LogP contribution >= 0.6 is 0 Å². The number of aryl methyl sites for hydroxylation is 1. The molecule has 160 valence electrons. The molecule has 3 atom stereocenters. The Bertz CT molecular complexity index is 901. The van der Waals surface area contributed by atoms with Crippen molar-refractivity contribution in [1.82, 2.24) is 15.6 Å². The van der Waals surface area contributed by atoms with E-state index in [1.54, 1.807) is 25.1 Å². The van der Waals surface area contributed by atoms with Gasteiger partial charge in [0, 0.05) is 18.2 Å². The standard InChI is InChI=1S/C23H29FN4O2/c1-14-19(7-10-21(25)27-14)13-26-22(29)15(2)28-23(30)18-6-3-17(12-18)11-16-4-8-20(24)9-5-16/h4-5,7-10,15,17-18H,3,6,11-13H2,1-2H3,(H2,25,27)(H,26,29)(H,28,30)/t15-,17-,18+/m0/s1. The van der Waals surface area contributed by atoms with E-state index in [-0.39, 0.29) is 23.5 Å². The van der Waals surface area contributed by atoms with Gasteiger partial charge in [0.15, 0.2) is 0 Å². The Morgan fingerprint density at radius 3 is 2.63 bits per heavy atom. The van der Waals surface area contributed by atoms with Crippen LogP contribution in [0.1, 0.15) is 43.0 Å². The van der Waals surface area contributed by atoms with E-state index in [0.29, 0.717) is 18.3 Å². The normalized spacial score (nSPS) is 19.3. The summed E-state index contributed by atoms with van der Waals surface area (Å²) in [6, 6.07) is 9.45. The maximum absolute atomic E-state index is 13.0. The first-order valence-electron chi connectivity index (χ1n) is 10.4. The smallest absolute Gasteiger partial charge is 0.242 e. The van der Waals surface area contributed by atoms with Gasteiger partial charge in [-0.1, -0.05) is 18.2 Å². The highest BCUT2D eigenvalue weighted by Crippen LogP contribution is 2.33. The van der Waals surface area contributed by atoms with Gasteiger partial charge in [0.05, 0.1) is 0 Å². The Balaban J connectivity index is 1.44. The molecule has 1 saturated carbocycles. The van der Waals surface area contributed by atoms with Crippen LogP contribution in [0.4, 0.5) is 10.2 Å². The third-order valence-electron chi connectivity index (χ3n) is 5.77. The molecule has 0 bridgehead atoms. The quantitative estimate of drug-likeness (QED) is 0.651. The number of carbonyl (C=O) groups excluding carboxylic acids is 2. The largest absolute Gasteiger partial charge is 0.384 e. The third-order valence-corrected chi connectivity index (χ3v) is 5.77. The number of hydrogen-bond donors (Lipinski definition) is 3. The van der Waals surface area contributed by atoms with E-state index >= 15 is 0 Å². The Hall–Kier alpha value is -2.96. The number of nitrogens with one attached hydrogen (secondary N) is 2. The van der Waals surface area contributed by atoms with Crippen LogP contribution < -0.4 is 16.4 Å². The Morgan fingerprint density at radius 2 is 1.93 bits per heavy atom. The van der Waals surface area contributed by atoms with Crippen molar-refractivity contribution in [3.05, 3.63) is 59.0 Å². The maximum atomic E-state index is 13.0. The molecule has 4 N–H and O–H groups in total. The van der Waals surface area contributed by atoms with Crippen LogP contribution in [0.25, 0.3) is 0 Å². The molecule has 7 heteroatoms. The monoisotopic (exact) mass is 412 g/mol. The molecule has 0 aliphatic heterocycles. The summed E-state index contributed by atoms with van der Waals surface area (Å²) in [4.78, 5) is 29.2. The molecule has 0 saturated heterocycles. The van der Waals surface area contributed by atoms with Gasteiger partial charge in [-0.2, -0.15) is 0 Å². The van der Waals surface area contributed by atoms with Crippen molar-refractivity contribution in [1.29, 1.82) is 0 Å². The first kappa shape index (κ1) is 21.7. The lowest BCUT2D eigenvalue weighted by Gasteiger charge is -2.17. The summed E-state index contributed by atoms with van der Waals surface area (Å²) in [5, 5.41) is 5.67. The predicted octanol–water partition coefficient (Wildman–Crippen LogP) is 2.89. The van der Waals surface area contributed by atoms with E-state index in [4.69, 9.17) is 5.73 Å². The van der Waals surface area contributed by atoms with E-state index < -0.39 is 6.04 Å². The van der Waals surface area contributed by atoms with Gasteiger partial charge in [-0.05, 0) is 74.8 Å². The summed E-state index contributed by atoms with van der Waals surface area (Å²) < 4.78 is 13.0. The molecule has 30 heavy (non-hydrogen) atoms. The fourth-order valence-electron chi connectivity index (χ4n) is 3.98. The molecule has 1 heterocycles. The number of amides is 2. The first-order valence-corrected chi connectivity index (χ1v) is 10.4. The first-order chi connectivity index (χ1) is 14.3. The zero-order valence-corrected chi connectivity index (χ0v) is 17.5. The molecule has 0 unspecified atom stereocenters. The topological polar surface area (TPSA) is 97.1 Å². The minimum Gasteiger partial charge on any atom is -0.384 e. The van der Waals surface area contributed by atoms with Crippen molar-refractivity contribution >= 4 is 17.6 Å². The van der Waals surface area contributed by atoms with E-state index in [1.165, 1.54) is 12.1 Å². The lowest BCUT2D eigenvalue weighted by atomic mass is 9.96. The summed E-state index contributed by atoms with van der Waals surface area (Å²) in [6.07, 6.45) is 3.39. The molecule has 1 aliphatic carbocycles. The molecule has 2 amide bonds. The Kier molecular flexibility index (Phi) is 7.03. The Labute approximate surface area is 176 Å². The highest BCUT2D eigenvalue weighted by atomic mass is 19.1. The summed E-state index contributed by atoms with van der Waals surface area (Å²) in [7, 11) is 0. The number of aromatic nitrogens is 1. The second kappa shape index (κ2) is 9.69. The van der Waals surface area contributed by atoms with Crippen LogP contribution in [0, 0.1) is 24.6 Å². The van der Waals surface area contributed by atoms with Crippen LogP contribution in [0.15, 0.2) is 36.4 Å². The van der Waals surface area contributed by atoms with Gasteiger partial charge in [0.1, 0.15) is 17.7 Å². The zero-order chi connectivity index (χ0) is 21.7. The number of nitrogens with zero attached hydrogens (tertiary/aromatic N) is 1. The van der Waals surface area contributed by atoms with E-state index in [2.05, 4.69) is 15.6 Å². The fourth-order valence-corrected chi connectivity index (χ4v) is 3.98. The van der Waals surface area contributed by atoms with Crippen molar-refractivity contribution in [2.45, 2.75) is 52.1 Å². The molecule has 0 radical (unpaired) electrons. The summed E-state index contributed by atoms with van der Waals surface area (Å²) in [6.45, 7) is 3.86. The van der Waals surface area contributed by atoms with E-state index in [9.17, 15) is 14.0 Å². The van der Waals surface area contributed by atoms with Crippen molar-refractivity contribution in [3.63, 3.8) is 0 Å². The number of anilines is 1. The minimum absolute atomic E-state index is 0.0791. The Morgan fingerprint density at radius 1 is 1.20 bits per heavy atom. The number of halogens is 1. The molecule has 2 aromatic rings. The number of nitrogens with two attached hydrogens (primary N) is 1. The summed E-state index contributed by atoms with van der Waals surface area (Å²) in [5.74, 6) is 0.200. The molecule has 1 fully saturated rings. The molecule has 1 aromatic carbocycles. The SMILES string of the molecule is Cc1nc(N)ccc1CNC(=O)[C@H](C)NC(=O)[C@@H]1CC[C@@H](Cc2ccc(F)cc2)C1. The average Bonchev–Trinajstić information content (AvgIpc) is 3.17. The lowest BCUT2D eigenvalue weighted by Crippen LogP contribution is -2.46. The van der Waals surface area contributed by atoms with Crippen LogP contribution in [-0.2, 0) is 22.6 Å². The van der Waals surface area contributed by atoms with Crippen molar-refractivity contribution in [2.24, 2.45) is 11.8 Å². The second-order valence-electron chi connectivity index (χ2n) is 8.14. The number of pyridine rings is 1. The van der Waals surface area contributed by atoms with Gasteiger partial charge in [0.2, 0.25) is 11.8 Å². The van der Waals surface area contributed by atoms with Crippen LogP contribution in [0.2, 0.25) is 0 Å². The van der Waals surface area contributed by atoms with Gasteiger partial charge in [-0.3, -0.25) is 9.59 Å². The van der Waals surface area contributed by atoms with Gasteiger partial charge < -0.3 is 16.4 Å². The van der Waals surface area contributed by atoms with E-state index in [1.807, 2.05) is 13.0 Å². The highest BCUT2D eigenvalue weighted by Gasteiger charge is 2.31. The van der Waals surface area contributed by atoms with Crippen molar-refractivity contribution in [3.8, 4) is 0 Å². The number of carbonyl (C=O) groups is 2. The van der Waals surface area contributed by atoms with Gasteiger partial charge >= 0.3 is 0 Å². The number of rotatable bonds is 7. The number of hydrogen-bond acceptors (Lipinski definition) is 4. The molecule has 1 aliphatic rings. The summed E-state index contributed by atoms with van der Waals surface area (Å²) >= 11 is 0. The number of nitrogen functional groups attached to an aromatic ring is 1. The molecular formula is C23H29FN4O2. The minimum atomic E-state index is -0.615. The van der Waals surface area contributed by atoms with Crippen LogP contribution in [-0.4, -0.2) is 22.8 Å². The maximum Gasteiger partial charge on any atom is 0.242 e. The zero-order valence-electron chi connectivity index (χ0n) is 17.5. The number of benzene rings is 1. The van der Waals surface area contributed by atoms with Gasteiger partial charge in [-0.25, -0.2) is 9.37 Å². The molecule has 3 rings (SSSR count). The highest BCUT2D eigenvalue weighted by molar-refractivity contribution is 5.88. The average molecular weight is 413 g/mol. The van der Waals surface area contributed by atoms with Crippen LogP contribution in [0.5, 0.6) is 0 Å². The molecule has 1 aromatic heterocycles. The lowest BCUT2D eigenvalue weighted by molar-refractivity contribution is -0.130. The summed E-state index contributed by atoms with van der Waals surface area (Å²) in [5.41, 5.74) is 8.38. The van der Waals surface area contributed by atoms with Gasteiger partial charge in [0.25, 0.3) is 0 Å². The van der Waals surface area contributed by atoms with Crippen molar-refractivity contribution in [2.75, 3.05) is 5.73 Å². The van der Waals surface area contributed by atoms with E-state index in [0.717, 1.165) is 42.5 Å².